The summed E-state index contributed by atoms with van der Waals surface area (Å²) in [6, 6.07) is 1.73. The quantitative estimate of drug-likeness (QED) is 0.822. The third kappa shape index (κ3) is 2.20. The van der Waals surface area contributed by atoms with E-state index >= 15 is 0 Å². The molecule has 2 rings (SSSR count). The molecular formula is C11H15ClN4O. The number of urea groups is 1. The number of rotatable bonds is 2. The highest BCUT2D eigenvalue weighted by Gasteiger charge is 2.40. The topological polar surface area (TPSA) is 58.1 Å². The number of nitrogens with one attached hydrogen (secondary N) is 1. The number of nitrogens with zero attached hydrogens (tertiary/aromatic N) is 3. The lowest BCUT2D eigenvalue weighted by molar-refractivity contribution is 0.250. The fourth-order valence-corrected chi connectivity index (χ4v) is 2.44. The maximum atomic E-state index is 11.9. The molecule has 2 amide bonds. The smallest absolute Gasteiger partial charge is 0.323 e. The lowest BCUT2D eigenvalue weighted by atomic mass is 9.98. The van der Waals surface area contributed by atoms with Crippen molar-refractivity contribution in [3.05, 3.63) is 17.5 Å². The molecule has 0 radical (unpaired) electrons. The van der Waals surface area contributed by atoms with Crippen LogP contribution in [0.1, 0.15) is 20.8 Å². The number of carbonyl (C=O) groups is 1. The summed E-state index contributed by atoms with van der Waals surface area (Å²) in [6.07, 6.45) is 1.55. The van der Waals surface area contributed by atoms with Crippen LogP contribution in [0.4, 0.5) is 10.6 Å². The molecule has 6 heteroatoms. The maximum absolute atomic E-state index is 11.9. The van der Waals surface area contributed by atoms with E-state index in [1.54, 1.807) is 17.2 Å². The van der Waals surface area contributed by atoms with Gasteiger partial charge >= 0.3 is 6.03 Å². The van der Waals surface area contributed by atoms with Crippen molar-refractivity contribution in [3.8, 4) is 0 Å². The molecule has 1 aliphatic rings. The first kappa shape index (κ1) is 12.1. The Morgan fingerprint density at radius 3 is 2.82 bits per heavy atom. The van der Waals surface area contributed by atoms with Gasteiger partial charge in [-0.1, -0.05) is 13.8 Å². The molecule has 5 nitrogen and oxygen atoms in total. The number of amides is 2. The van der Waals surface area contributed by atoms with Crippen LogP contribution in [-0.4, -0.2) is 28.1 Å². The summed E-state index contributed by atoms with van der Waals surface area (Å²) < 4.78 is 0. The Morgan fingerprint density at radius 2 is 2.24 bits per heavy atom. The van der Waals surface area contributed by atoms with Crippen molar-refractivity contribution in [2.24, 2.45) is 5.92 Å². The zero-order chi connectivity index (χ0) is 12.6. The lowest BCUT2D eigenvalue weighted by Gasteiger charge is -2.27. The van der Waals surface area contributed by atoms with E-state index < -0.39 is 0 Å². The second-order valence-electron chi connectivity index (χ2n) is 4.53. The number of halogens is 1. The Hall–Kier alpha value is -1.36. The average Bonchev–Trinajstić information content (AvgIpc) is 2.53. The van der Waals surface area contributed by atoms with Gasteiger partial charge in [0.15, 0.2) is 0 Å². The Labute approximate surface area is 105 Å². The Balaban J connectivity index is 2.38. The Morgan fingerprint density at radius 1 is 1.53 bits per heavy atom. The van der Waals surface area contributed by atoms with Crippen LogP contribution in [0, 0.1) is 5.92 Å². The fraction of sp³-hybridized carbons (Fsp3) is 0.545. The van der Waals surface area contributed by atoms with Gasteiger partial charge in [0.2, 0.25) is 5.28 Å². The van der Waals surface area contributed by atoms with E-state index in [4.69, 9.17) is 11.6 Å². The zero-order valence-electron chi connectivity index (χ0n) is 10.0. The minimum absolute atomic E-state index is 0.0773. The van der Waals surface area contributed by atoms with Gasteiger partial charge in [-0.15, -0.1) is 0 Å². The molecule has 0 aliphatic carbocycles. The predicted octanol–water partition coefficient (Wildman–Crippen LogP) is 2.07. The maximum Gasteiger partial charge on any atom is 0.323 e. The average molecular weight is 255 g/mol. The van der Waals surface area contributed by atoms with E-state index in [-0.39, 0.29) is 23.4 Å². The van der Waals surface area contributed by atoms with Crippen LogP contribution < -0.4 is 10.2 Å². The van der Waals surface area contributed by atoms with E-state index in [1.165, 1.54) is 0 Å². The third-order valence-electron chi connectivity index (χ3n) is 2.92. The van der Waals surface area contributed by atoms with Crippen LogP contribution in [0.5, 0.6) is 0 Å². The number of anilines is 1. The monoisotopic (exact) mass is 254 g/mol. The normalized spacial score (nSPS) is 24.3. The zero-order valence-corrected chi connectivity index (χ0v) is 10.8. The lowest BCUT2D eigenvalue weighted by Crippen LogP contribution is -2.40. The fourth-order valence-electron chi connectivity index (χ4n) is 2.30. The highest BCUT2D eigenvalue weighted by Crippen LogP contribution is 2.26. The van der Waals surface area contributed by atoms with Crippen LogP contribution in [0.15, 0.2) is 12.3 Å². The first-order valence-electron chi connectivity index (χ1n) is 5.59. The minimum atomic E-state index is -0.133. The van der Waals surface area contributed by atoms with Crippen LogP contribution in [0.2, 0.25) is 5.28 Å². The van der Waals surface area contributed by atoms with E-state index in [9.17, 15) is 4.79 Å². The van der Waals surface area contributed by atoms with Gasteiger partial charge in [-0.3, -0.25) is 4.90 Å². The van der Waals surface area contributed by atoms with Crippen molar-refractivity contribution >= 4 is 23.4 Å². The SMILES string of the molecule is CC(C)[C@H]1C(C)NC(=O)N1c1ccnc(Cl)n1. The first-order valence-corrected chi connectivity index (χ1v) is 5.96. The second kappa shape index (κ2) is 4.49. The minimum Gasteiger partial charge on any atom is -0.333 e. The highest BCUT2D eigenvalue weighted by molar-refractivity contribution is 6.28. The van der Waals surface area contributed by atoms with Gasteiger partial charge in [0.05, 0.1) is 6.04 Å². The molecule has 0 aromatic carbocycles. The van der Waals surface area contributed by atoms with E-state index in [2.05, 4.69) is 29.1 Å². The molecule has 1 aliphatic heterocycles. The molecule has 92 valence electrons. The summed E-state index contributed by atoms with van der Waals surface area (Å²) in [5.41, 5.74) is 0. The van der Waals surface area contributed by atoms with Crippen molar-refractivity contribution in [2.75, 3.05) is 4.90 Å². The third-order valence-corrected chi connectivity index (χ3v) is 3.10. The van der Waals surface area contributed by atoms with Crippen molar-refractivity contribution in [3.63, 3.8) is 0 Å². The summed E-state index contributed by atoms with van der Waals surface area (Å²) in [4.78, 5) is 21.5. The molecule has 1 saturated heterocycles. The summed E-state index contributed by atoms with van der Waals surface area (Å²) >= 11 is 5.75. The molecule has 1 fully saturated rings. The van der Waals surface area contributed by atoms with Crippen molar-refractivity contribution in [1.29, 1.82) is 0 Å². The number of carbonyl (C=O) groups excluding carboxylic acids is 1. The van der Waals surface area contributed by atoms with Crippen molar-refractivity contribution in [2.45, 2.75) is 32.9 Å². The molecule has 0 spiro atoms. The van der Waals surface area contributed by atoms with Gasteiger partial charge in [0.1, 0.15) is 5.82 Å². The highest BCUT2D eigenvalue weighted by atomic mass is 35.5. The molecule has 1 aromatic rings. The van der Waals surface area contributed by atoms with Crippen LogP contribution in [0.25, 0.3) is 0 Å². The van der Waals surface area contributed by atoms with Crippen LogP contribution in [0.3, 0.4) is 0 Å². The molecule has 1 N–H and O–H groups in total. The van der Waals surface area contributed by atoms with E-state index in [1.807, 2.05) is 6.92 Å². The van der Waals surface area contributed by atoms with Crippen molar-refractivity contribution < 1.29 is 4.79 Å². The molecule has 2 heterocycles. The Kier molecular flexibility index (Phi) is 3.19. The van der Waals surface area contributed by atoms with Gasteiger partial charge in [-0.25, -0.2) is 14.8 Å². The van der Waals surface area contributed by atoms with Crippen LogP contribution in [-0.2, 0) is 0 Å². The van der Waals surface area contributed by atoms with Gasteiger partial charge < -0.3 is 5.32 Å². The van der Waals surface area contributed by atoms with Gasteiger partial charge in [-0.2, -0.15) is 0 Å². The molecule has 2 atom stereocenters. The summed E-state index contributed by atoms with van der Waals surface area (Å²) in [5, 5.41) is 3.05. The molecule has 17 heavy (non-hydrogen) atoms. The summed E-state index contributed by atoms with van der Waals surface area (Å²) in [7, 11) is 0. The standard InChI is InChI=1S/C11H15ClN4O/c1-6(2)9-7(3)14-11(17)16(9)8-4-5-13-10(12)15-8/h4-7,9H,1-3H3,(H,14,17)/t7?,9-/m0/s1. The van der Waals surface area contributed by atoms with Gasteiger partial charge in [0.25, 0.3) is 0 Å². The second-order valence-corrected chi connectivity index (χ2v) is 4.86. The van der Waals surface area contributed by atoms with E-state index in [0.29, 0.717) is 11.7 Å². The van der Waals surface area contributed by atoms with Crippen molar-refractivity contribution in [1.82, 2.24) is 15.3 Å². The summed E-state index contributed by atoms with van der Waals surface area (Å²) in [5.74, 6) is 0.878. The molecule has 0 saturated carbocycles. The van der Waals surface area contributed by atoms with Gasteiger partial charge in [-0.05, 0) is 30.5 Å². The largest absolute Gasteiger partial charge is 0.333 e. The Bertz CT molecular complexity index is 437. The predicted molar refractivity (Wildman–Crippen MR) is 66.1 cm³/mol. The molecule has 0 bridgehead atoms. The molecule has 1 unspecified atom stereocenters. The molecule has 1 aromatic heterocycles. The first-order chi connectivity index (χ1) is 8.00. The van der Waals surface area contributed by atoms with Crippen LogP contribution >= 0.6 is 11.6 Å². The number of aromatic nitrogens is 2. The van der Waals surface area contributed by atoms with E-state index in [0.717, 1.165) is 0 Å². The summed E-state index contributed by atoms with van der Waals surface area (Å²) in [6.45, 7) is 6.15. The number of hydrogen-bond donors (Lipinski definition) is 1. The molecular weight excluding hydrogens is 240 g/mol. The number of hydrogen-bond acceptors (Lipinski definition) is 3. The van der Waals surface area contributed by atoms with Gasteiger partial charge in [0, 0.05) is 12.2 Å².